The Morgan fingerprint density at radius 1 is 0.778 bits per heavy atom. The zero-order valence-electron chi connectivity index (χ0n) is 19.1. The van der Waals surface area contributed by atoms with E-state index in [1.165, 1.54) is 108 Å². The van der Waals surface area contributed by atoms with Gasteiger partial charge in [0, 0.05) is 11.3 Å². The SMILES string of the molecule is CCCCCC(CCCCC)c1ocnc1C(C)(CCCC)CCCCC. The molecule has 0 aliphatic rings. The molecule has 1 rings (SSSR count). The second kappa shape index (κ2) is 14.2. The van der Waals surface area contributed by atoms with Gasteiger partial charge in [0.15, 0.2) is 6.39 Å². The van der Waals surface area contributed by atoms with Crippen LogP contribution in [0.5, 0.6) is 0 Å². The number of aromatic nitrogens is 1. The third kappa shape index (κ3) is 8.40. The van der Waals surface area contributed by atoms with Crippen LogP contribution in [0, 0.1) is 0 Å². The highest BCUT2D eigenvalue weighted by molar-refractivity contribution is 5.23. The molecule has 2 heteroatoms. The second-order valence-corrected chi connectivity index (χ2v) is 8.88. The third-order valence-corrected chi connectivity index (χ3v) is 6.26. The summed E-state index contributed by atoms with van der Waals surface area (Å²) in [7, 11) is 0. The predicted octanol–water partition coefficient (Wildman–Crippen LogP) is 8.95. The normalized spacial score (nSPS) is 14.0. The molecule has 0 spiro atoms. The van der Waals surface area contributed by atoms with E-state index < -0.39 is 0 Å². The predicted molar refractivity (Wildman–Crippen MR) is 119 cm³/mol. The minimum absolute atomic E-state index is 0.182. The molecule has 0 radical (unpaired) electrons. The summed E-state index contributed by atoms with van der Waals surface area (Å²) in [5.41, 5.74) is 1.48. The van der Waals surface area contributed by atoms with E-state index >= 15 is 0 Å². The summed E-state index contributed by atoms with van der Waals surface area (Å²) in [6.45, 7) is 11.6. The zero-order valence-corrected chi connectivity index (χ0v) is 19.1. The maximum atomic E-state index is 6.11. The summed E-state index contributed by atoms with van der Waals surface area (Å²) >= 11 is 0. The Bertz CT molecular complexity index is 457. The summed E-state index contributed by atoms with van der Waals surface area (Å²) < 4.78 is 6.11. The molecule has 0 saturated heterocycles. The van der Waals surface area contributed by atoms with Crippen LogP contribution >= 0.6 is 0 Å². The Morgan fingerprint density at radius 2 is 1.30 bits per heavy atom. The Balaban J connectivity index is 3.00. The molecule has 1 aromatic rings. The van der Waals surface area contributed by atoms with Crippen molar-refractivity contribution >= 4 is 0 Å². The molecule has 0 N–H and O–H groups in total. The van der Waals surface area contributed by atoms with Gasteiger partial charge in [0.25, 0.3) is 0 Å². The van der Waals surface area contributed by atoms with E-state index in [4.69, 9.17) is 9.40 Å². The number of oxazole rings is 1. The van der Waals surface area contributed by atoms with Gasteiger partial charge in [0.2, 0.25) is 0 Å². The molecule has 0 amide bonds. The van der Waals surface area contributed by atoms with Gasteiger partial charge in [-0.1, -0.05) is 105 Å². The lowest BCUT2D eigenvalue weighted by molar-refractivity contribution is 0.341. The van der Waals surface area contributed by atoms with Crippen LogP contribution in [-0.4, -0.2) is 4.98 Å². The first-order valence-corrected chi connectivity index (χ1v) is 12.1. The van der Waals surface area contributed by atoms with Gasteiger partial charge in [0.1, 0.15) is 5.76 Å². The van der Waals surface area contributed by atoms with Crippen molar-refractivity contribution in [3.8, 4) is 0 Å². The molecule has 0 bridgehead atoms. The Hall–Kier alpha value is -0.790. The van der Waals surface area contributed by atoms with Gasteiger partial charge in [-0.25, -0.2) is 4.98 Å². The quantitative estimate of drug-likeness (QED) is 0.253. The molecule has 1 unspecified atom stereocenters. The van der Waals surface area contributed by atoms with Crippen LogP contribution in [0.15, 0.2) is 10.8 Å². The lowest BCUT2D eigenvalue weighted by atomic mass is 9.74. The molecule has 0 aliphatic heterocycles. The van der Waals surface area contributed by atoms with E-state index in [0.717, 1.165) is 0 Å². The average Bonchev–Trinajstić information content (AvgIpc) is 3.16. The second-order valence-electron chi connectivity index (χ2n) is 8.88. The Kier molecular flexibility index (Phi) is 12.8. The molecule has 27 heavy (non-hydrogen) atoms. The lowest BCUT2D eigenvalue weighted by Crippen LogP contribution is -2.25. The van der Waals surface area contributed by atoms with Crippen molar-refractivity contribution in [3.05, 3.63) is 17.8 Å². The van der Waals surface area contributed by atoms with E-state index in [1.807, 2.05) is 0 Å². The monoisotopic (exact) mass is 377 g/mol. The van der Waals surface area contributed by atoms with Crippen molar-refractivity contribution in [2.45, 2.75) is 142 Å². The molecule has 0 aliphatic carbocycles. The molecule has 1 heterocycles. The number of hydrogen-bond donors (Lipinski definition) is 0. The van der Waals surface area contributed by atoms with Crippen molar-refractivity contribution < 1.29 is 4.42 Å². The fourth-order valence-corrected chi connectivity index (χ4v) is 4.38. The Labute approximate surface area is 169 Å². The van der Waals surface area contributed by atoms with Crippen LogP contribution in [0.1, 0.15) is 148 Å². The van der Waals surface area contributed by atoms with Gasteiger partial charge in [0.05, 0.1) is 5.69 Å². The minimum atomic E-state index is 0.182. The van der Waals surface area contributed by atoms with Gasteiger partial charge in [-0.15, -0.1) is 0 Å². The highest BCUT2D eigenvalue weighted by atomic mass is 16.3. The first kappa shape index (κ1) is 24.2. The minimum Gasteiger partial charge on any atom is -0.448 e. The summed E-state index contributed by atoms with van der Waals surface area (Å²) in [5.74, 6) is 1.80. The van der Waals surface area contributed by atoms with Crippen LogP contribution in [0.25, 0.3) is 0 Å². The summed E-state index contributed by atoms with van der Waals surface area (Å²) in [6, 6.07) is 0. The van der Waals surface area contributed by atoms with Gasteiger partial charge in [-0.05, 0) is 25.7 Å². The van der Waals surface area contributed by atoms with Gasteiger partial charge >= 0.3 is 0 Å². The standard InChI is InChI=1S/C25H47NO/c1-6-10-14-17-22(18-15-11-7-2)23-24(26-21-27-23)25(5,19-13-9-4)20-16-12-8-3/h21-22H,6-20H2,1-5H3. The van der Waals surface area contributed by atoms with Crippen molar-refractivity contribution in [3.63, 3.8) is 0 Å². The van der Waals surface area contributed by atoms with Crippen LogP contribution in [0.2, 0.25) is 0 Å². The van der Waals surface area contributed by atoms with Crippen molar-refractivity contribution in [2.75, 3.05) is 0 Å². The number of nitrogens with zero attached hydrogens (tertiary/aromatic N) is 1. The van der Waals surface area contributed by atoms with Crippen LogP contribution in [0.3, 0.4) is 0 Å². The molecule has 158 valence electrons. The number of hydrogen-bond acceptors (Lipinski definition) is 2. The molecule has 0 aromatic carbocycles. The van der Waals surface area contributed by atoms with E-state index in [2.05, 4.69) is 34.6 Å². The highest BCUT2D eigenvalue weighted by Gasteiger charge is 2.34. The van der Waals surface area contributed by atoms with E-state index in [9.17, 15) is 0 Å². The lowest BCUT2D eigenvalue weighted by Gasteiger charge is -2.30. The largest absolute Gasteiger partial charge is 0.448 e. The third-order valence-electron chi connectivity index (χ3n) is 6.26. The number of unbranched alkanes of at least 4 members (excludes halogenated alkanes) is 7. The summed E-state index contributed by atoms with van der Waals surface area (Å²) in [4.78, 5) is 4.83. The Morgan fingerprint density at radius 3 is 1.85 bits per heavy atom. The smallest absolute Gasteiger partial charge is 0.181 e. The van der Waals surface area contributed by atoms with Gasteiger partial charge < -0.3 is 4.42 Å². The first-order valence-electron chi connectivity index (χ1n) is 12.1. The van der Waals surface area contributed by atoms with Crippen LogP contribution in [0.4, 0.5) is 0 Å². The molecule has 2 nitrogen and oxygen atoms in total. The molecule has 0 fully saturated rings. The van der Waals surface area contributed by atoms with Crippen LogP contribution < -0.4 is 0 Å². The van der Waals surface area contributed by atoms with E-state index in [-0.39, 0.29) is 5.41 Å². The van der Waals surface area contributed by atoms with Crippen molar-refractivity contribution in [1.82, 2.24) is 4.98 Å². The number of rotatable bonds is 17. The molecule has 1 atom stereocenters. The zero-order chi connectivity index (χ0) is 20.0. The maximum absolute atomic E-state index is 6.11. The fourth-order valence-electron chi connectivity index (χ4n) is 4.38. The fraction of sp³-hybridized carbons (Fsp3) is 0.880. The van der Waals surface area contributed by atoms with Crippen molar-refractivity contribution in [1.29, 1.82) is 0 Å². The maximum Gasteiger partial charge on any atom is 0.181 e. The topological polar surface area (TPSA) is 26.0 Å². The van der Waals surface area contributed by atoms with Gasteiger partial charge in [-0.3, -0.25) is 0 Å². The molecular weight excluding hydrogens is 330 g/mol. The van der Waals surface area contributed by atoms with E-state index in [1.54, 1.807) is 6.39 Å². The summed E-state index contributed by atoms with van der Waals surface area (Å²) in [5, 5.41) is 0. The molecule has 0 saturated carbocycles. The van der Waals surface area contributed by atoms with E-state index in [0.29, 0.717) is 5.92 Å². The van der Waals surface area contributed by atoms with Gasteiger partial charge in [-0.2, -0.15) is 0 Å². The van der Waals surface area contributed by atoms with Crippen LogP contribution in [-0.2, 0) is 5.41 Å². The molecule has 1 aromatic heterocycles. The molecular formula is C25H47NO. The average molecular weight is 378 g/mol. The van der Waals surface area contributed by atoms with Crippen molar-refractivity contribution in [2.24, 2.45) is 0 Å². The summed E-state index contributed by atoms with van der Waals surface area (Å²) in [6.07, 6.45) is 21.1. The highest BCUT2D eigenvalue weighted by Crippen LogP contribution is 2.41. The first-order chi connectivity index (χ1) is 13.1.